The number of hydrogen-bond donors (Lipinski definition) is 0. The van der Waals surface area contributed by atoms with Crippen LogP contribution in [-0.2, 0) is 42.9 Å². The van der Waals surface area contributed by atoms with Crippen LogP contribution in [0.1, 0.15) is 59.3 Å². The molecule has 1 aliphatic heterocycles. The Hall–Kier alpha value is -2.64. The van der Waals surface area contributed by atoms with E-state index in [0.717, 1.165) is 0 Å². The van der Waals surface area contributed by atoms with Crippen molar-refractivity contribution in [3.8, 4) is 12.3 Å². The van der Waals surface area contributed by atoms with Gasteiger partial charge in [-0.15, -0.1) is 6.42 Å². The lowest BCUT2D eigenvalue weighted by atomic mass is 10.0. The quantitative estimate of drug-likeness (QED) is 0.167. The molecule has 0 aromatic carbocycles. The molecule has 1 heterocycles. The predicted octanol–water partition coefficient (Wildman–Crippen LogP) is 1.73. The number of hydrogen-bond acceptors (Lipinski definition) is 9. The summed E-state index contributed by atoms with van der Waals surface area (Å²) in [6.07, 6.45) is 2.47. The van der Waals surface area contributed by atoms with Gasteiger partial charge >= 0.3 is 23.9 Å². The Morgan fingerprint density at radius 2 is 1.32 bits per heavy atom. The fraction of sp³-hybridized carbons (Fsp3) is 0.750. The molecule has 0 aliphatic carbocycles. The highest BCUT2D eigenvalue weighted by atomic mass is 16.7. The fourth-order valence-corrected chi connectivity index (χ4v) is 3.29. The zero-order chi connectivity index (χ0) is 25.7. The topological polar surface area (TPSA) is 114 Å². The smallest absolute Gasteiger partial charge is 0.364 e. The molecule has 34 heavy (non-hydrogen) atoms. The van der Waals surface area contributed by atoms with Gasteiger partial charge in [-0.2, -0.15) is 0 Å². The zero-order valence-electron chi connectivity index (χ0n) is 20.9. The SMILES string of the molecule is C#CC[N+](C)(C)CC(=O)O[C@@H]1OC[C@@H](OC(=O)CCC)[C@H](OC(=O)CCC)[C@H]1OC(=O)CCC. The van der Waals surface area contributed by atoms with E-state index in [-0.39, 0.29) is 36.9 Å². The Bertz CT molecular complexity index is 743. The zero-order valence-corrected chi connectivity index (χ0v) is 20.9. The van der Waals surface area contributed by atoms with Crippen molar-refractivity contribution < 1.29 is 47.3 Å². The molecule has 0 saturated carbocycles. The first kappa shape index (κ1) is 29.4. The minimum atomic E-state index is -1.35. The largest absolute Gasteiger partial charge is 0.456 e. The molecular weight excluding hydrogens is 446 g/mol. The van der Waals surface area contributed by atoms with Crippen LogP contribution in [0, 0.1) is 12.3 Å². The van der Waals surface area contributed by atoms with Crippen LogP contribution in [0.4, 0.5) is 0 Å². The lowest BCUT2D eigenvalue weighted by Gasteiger charge is -2.40. The van der Waals surface area contributed by atoms with E-state index in [4.69, 9.17) is 30.1 Å². The summed E-state index contributed by atoms with van der Waals surface area (Å²) >= 11 is 0. The molecule has 0 bridgehead atoms. The van der Waals surface area contributed by atoms with Crippen LogP contribution in [0.5, 0.6) is 0 Å². The van der Waals surface area contributed by atoms with Crippen molar-refractivity contribution in [3.63, 3.8) is 0 Å². The van der Waals surface area contributed by atoms with Crippen molar-refractivity contribution in [2.75, 3.05) is 33.8 Å². The monoisotopic (exact) mass is 484 g/mol. The van der Waals surface area contributed by atoms with Gasteiger partial charge in [-0.3, -0.25) is 14.4 Å². The van der Waals surface area contributed by atoms with Gasteiger partial charge in [0.25, 0.3) is 0 Å². The molecule has 0 amide bonds. The Labute approximate surface area is 201 Å². The van der Waals surface area contributed by atoms with E-state index >= 15 is 0 Å². The van der Waals surface area contributed by atoms with Crippen molar-refractivity contribution in [2.45, 2.75) is 83.9 Å². The van der Waals surface area contributed by atoms with Gasteiger partial charge in [-0.1, -0.05) is 20.8 Å². The van der Waals surface area contributed by atoms with Crippen LogP contribution in [-0.4, -0.2) is 86.8 Å². The van der Waals surface area contributed by atoms with E-state index < -0.39 is 48.5 Å². The number of terminal acetylenes is 1. The van der Waals surface area contributed by atoms with Gasteiger partial charge in [0.1, 0.15) is 6.54 Å². The van der Waals surface area contributed by atoms with E-state index in [0.29, 0.717) is 25.8 Å². The first-order valence-electron chi connectivity index (χ1n) is 11.7. The fourth-order valence-electron chi connectivity index (χ4n) is 3.29. The predicted molar refractivity (Wildman–Crippen MR) is 121 cm³/mol. The van der Waals surface area contributed by atoms with Gasteiger partial charge in [0.15, 0.2) is 18.8 Å². The maximum atomic E-state index is 12.6. The molecule has 10 heteroatoms. The molecule has 192 valence electrons. The Morgan fingerprint density at radius 3 is 1.82 bits per heavy atom. The van der Waals surface area contributed by atoms with Crippen molar-refractivity contribution in [1.82, 2.24) is 0 Å². The maximum Gasteiger partial charge on any atom is 0.364 e. The van der Waals surface area contributed by atoms with E-state index in [1.165, 1.54) is 0 Å². The average Bonchev–Trinajstić information content (AvgIpc) is 2.72. The highest BCUT2D eigenvalue weighted by Gasteiger charge is 2.49. The number of rotatable bonds is 13. The maximum absolute atomic E-state index is 12.6. The van der Waals surface area contributed by atoms with Gasteiger partial charge in [0, 0.05) is 19.3 Å². The number of esters is 4. The molecule has 0 radical (unpaired) electrons. The lowest BCUT2D eigenvalue weighted by molar-refractivity contribution is -0.875. The van der Waals surface area contributed by atoms with Crippen LogP contribution in [0.15, 0.2) is 0 Å². The number of carbonyl (C=O) groups excluding carboxylic acids is 4. The molecular formula is C24H38NO9+. The number of quaternary nitrogens is 1. The third-order valence-electron chi connectivity index (χ3n) is 4.89. The van der Waals surface area contributed by atoms with Gasteiger partial charge in [-0.05, 0) is 25.2 Å². The van der Waals surface area contributed by atoms with E-state index in [1.807, 2.05) is 13.8 Å². The summed E-state index contributed by atoms with van der Waals surface area (Å²) < 4.78 is 27.9. The number of nitrogens with zero attached hydrogens (tertiary/aromatic N) is 1. The van der Waals surface area contributed by atoms with Crippen molar-refractivity contribution >= 4 is 23.9 Å². The van der Waals surface area contributed by atoms with Crippen molar-refractivity contribution in [3.05, 3.63) is 0 Å². The van der Waals surface area contributed by atoms with Crippen LogP contribution in [0.2, 0.25) is 0 Å². The van der Waals surface area contributed by atoms with Crippen LogP contribution >= 0.6 is 0 Å². The third kappa shape index (κ3) is 10.1. The summed E-state index contributed by atoms with van der Waals surface area (Å²) in [5.41, 5.74) is 0. The van der Waals surface area contributed by atoms with E-state index in [2.05, 4.69) is 5.92 Å². The highest BCUT2D eigenvalue weighted by molar-refractivity contribution is 5.72. The second-order valence-electron chi connectivity index (χ2n) is 8.83. The summed E-state index contributed by atoms with van der Waals surface area (Å²) in [5.74, 6) is 0.215. The molecule has 1 rings (SSSR count). The normalized spacial score (nSPS) is 22.2. The standard InChI is InChI=1S/C24H38NO9/c1-7-11-18(26)31-17-16-30-24(34-21(29)15-25(5,6)14-10-4)23(33-20(28)13-9-3)22(17)32-19(27)12-8-2/h4,17,22-24H,7-9,11-16H2,1-3,5-6H3/q+1/t17-,22+,23-,24+/m1/s1. The molecule has 10 nitrogen and oxygen atoms in total. The van der Waals surface area contributed by atoms with Gasteiger partial charge in [-0.25, -0.2) is 4.79 Å². The van der Waals surface area contributed by atoms with E-state index in [9.17, 15) is 19.2 Å². The first-order valence-corrected chi connectivity index (χ1v) is 11.7. The molecule has 1 saturated heterocycles. The van der Waals surface area contributed by atoms with Crippen LogP contribution in [0.3, 0.4) is 0 Å². The highest BCUT2D eigenvalue weighted by Crippen LogP contribution is 2.26. The lowest BCUT2D eigenvalue weighted by Crippen LogP contribution is -2.59. The van der Waals surface area contributed by atoms with Crippen LogP contribution in [0.25, 0.3) is 0 Å². The number of carbonyl (C=O) groups is 4. The van der Waals surface area contributed by atoms with Crippen LogP contribution < -0.4 is 0 Å². The molecule has 0 spiro atoms. The molecule has 0 aromatic heterocycles. The number of ether oxygens (including phenoxy) is 5. The molecule has 0 unspecified atom stereocenters. The molecule has 1 fully saturated rings. The Morgan fingerprint density at radius 1 is 0.824 bits per heavy atom. The van der Waals surface area contributed by atoms with Crippen molar-refractivity contribution in [1.29, 1.82) is 0 Å². The molecule has 0 N–H and O–H groups in total. The second kappa shape index (κ2) is 14.6. The summed E-state index contributed by atoms with van der Waals surface area (Å²) in [5, 5.41) is 0. The van der Waals surface area contributed by atoms with Gasteiger partial charge in [0.2, 0.25) is 12.4 Å². The minimum Gasteiger partial charge on any atom is -0.456 e. The molecule has 1 aliphatic rings. The van der Waals surface area contributed by atoms with Gasteiger partial charge in [0.05, 0.1) is 20.7 Å². The summed E-state index contributed by atoms with van der Waals surface area (Å²) in [6.45, 7) is 5.46. The Balaban J connectivity index is 3.17. The summed E-state index contributed by atoms with van der Waals surface area (Å²) in [6, 6.07) is 0. The summed E-state index contributed by atoms with van der Waals surface area (Å²) in [7, 11) is 3.53. The summed E-state index contributed by atoms with van der Waals surface area (Å²) in [4.78, 5) is 49.5. The first-order chi connectivity index (χ1) is 16.1. The average molecular weight is 485 g/mol. The molecule has 4 atom stereocenters. The second-order valence-corrected chi connectivity index (χ2v) is 8.83. The van der Waals surface area contributed by atoms with Crippen molar-refractivity contribution in [2.24, 2.45) is 0 Å². The third-order valence-corrected chi connectivity index (χ3v) is 4.89. The minimum absolute atomic E-state index is 0.0606. The molecule has 0 aromatic rings. The Kier molecular flexibility index (Phi) is 12.6. The van der Waals surface area contributed by atoms with E-state index in [1.54, 1.807) is 21.0 Å². The van der Waals surface area contributed by atoms with Gasteiger partial charge < -0.3 is 28.2 Å². The number of likely N-dealkylation sites (N-methyl/N-ethyl adjacent to an activating group) is 1.